The Morgan fingerprint density at radius 3 is 2.72 bits per heavy atom. The van der Waals surface area contributed by atoms with Crippen molar-refractivity contribution in [3.8, 4) is 0 Å². The highest BCUT2D eigenvalue weighted by atomic mass is 16.4. The van der Waals surface area contributed by atoms with E-state index in [0.29, 0.717) is 5.56 Å². The molecule has 0 heterocycles. The molecule has 0 aliphatic heterocycles. The first-order valence-corrected chi connectivity index (χ1v) is 5.89. The number of carboxylic acids is 1. The molecular formula is C13H15NO4. The van der Waals surface area contributed by atoms with Crippen molar-refractivity contribution in [1.82, 2.24) is 5.32 Å². The van der Waals surface area contributed by atoms with Gasteiger partial charge in [-0.05, 0) is 42.5 Å². The van der Waals surface area contributed by atoms with Gasteiger partial charge in [0, 0.05) is 5.56 Å². The van der Waals surface area contributed by atoms with Crippen LogP contribution in [0.4, 0.5) is 0 Å². The number of carbonyl (C=O) groups excluding carboxylic acids is 1. The molecule has 2 rings (SSSR count). The molecule has 1 aromatic rings. The van der Waals surface area contributed by atoms with Crippen LogP contribution in [0.5, 0.6) is 0 Å². The molecule has 0 saturated heterocycles. The van der Waals surface area contributed by atoms with Gasteiger partial charge in [0.25, 0.3) is 5.91 Å². The number of carbonyl (C=O) groups is 2. The number of nitrogens with one attached hydrogen (secondary N) is 1. The van der Waals surface area contributed by atoms with E-state index in [4.69, 9.17) is 10.2 Å². The predicted molar refractivity (Wildman–Crippen MR) is 64.4 cm³/mol. The number of carboxylic acid groups (broad SMARTS) is 1. The molecule has 1 atom stereocenters. The number of rotatable bonds is 4. The predicted octanol–water partition coefficient (Wildman–Crippen LogP) is 0.351. The van der Waals surface area contributed by atoms with Crippen molar-refractivity contribution < 1.29 is 19.8 Å². The lowest BCUT2D eigenvalue weighted by Gasteiger charge is -2.08. The topological polar surface area (TPSA) is 86.6 Å². The van der Waals surface area contributed by atoms with E-state index in [1.165, 1.54) is 11.1 Å². The molecule has 1 aliphatic carbocycles. The van der Waals surface area contributed by atoms with Gasteiger partial charge in [0.1, 0.15) is 0 Å². The summed E-state index contributed by atoms with van der Waals surface area (Å²) in [5.41, 5.74) is 2.96. The smallest absolute Gasteiger partial charge is 0.334 e. The quantitative estimate of drug-likeness (QED) is 0.718. The van der Waals surface area contributed by atoms with Crippen molar-refractivity contribution >= 4 is 11.9 Å². The molecule has 0 saturated carbocycles. The molecule has 1 aliphatic rings. The van der Waals surface area contributed by atoms with Gasteiger partial charge in [-0.25, -0.2) is 4.79 Å². The van der Waals surface area contributed by atoms with Gasteiger partial charge in [-0.1, -0.05) is 6.07 Å². The molecule has 1 amide bonds. The van der Waals surface area contributed by atoms with Crippen LogP contribution in [0.15, 0.2) is 18.2 Å². The van der Waals surface area contributed by atoms with Crippen LogP contribution in [-0.4, -0.2) is 34.7 Å². The van der Waals surface area contributed by atoms with E-state index in [2.05, 4.69) is 5.32 Å². The lowest BCUT2D eigenvalue weighted by Crippen LogP contribution is -2.36. The van der Waals surface area contributed by atoms with Crippen molar-refractivity contribution in [1.29, 1.82) is 0 Å². The standard InChI is InChI=1S/C13H15NO4/c15-11(13(17)18)7-14-12(16)10-5-4-8-2-1-3-9(8)6-10/h4-6,11,15H,1-3,7H2,(H,14,16)(H,17,18)/t11-/m0/s1. The normalized spacial score (nSPS) is 14.9. The third kappa shape index (κ3) is 2.68. The molecule has 18 heavy (non-hydrogen) atoms. The number of amides is 1. The monoisotopic (exact) mass is 249 g/mol. The minimum absolute atomic E-state index is 0.286. The summed E-state index contributed by atoms with van der Waals surface area (Å²) in [4.78, 5) is 22.2. The Hall–Kier alpha value is -1.88. The summed E-state index contributed by atoms with van der Waals surface area (Å²) in [6.45, 7) is -0.286. The summed E-state index contributed by atoms with van der Waals surface area (Å²) in [7, 11) is 0. The minimum atomic E-state index is -1.57. The van der Waals surface area contributed by atoms with E-state index in [0.717, 1.165) is 19.3 Å². The van der Waals surface area contributed by atoms with Crippen molar-refractivity contribution in [2.75, 3.05) is 6.54 Å². The number of aliphatic carboxylic acids is 1. The molecule has 96 valence electrons. The Bertz CT molecular complexity index is 484. The number of aliphatic hydroxyl groups excluding tert-OH is 1. The van der Waals surface area contributed by atoms with E-state index in [-0.39, 0.29) is 12.5 Å². The number of hydrogen-bond donors (Lipinski definition) is 3. The van der Waals surface area contributed by atoms with Gasteiger partial charge in [-0.3, -0.25) is 4.79 Å². The molecular weight excluding hydrogens is 234 g/mol. The zero-order valence-corrected chi connectivity index (χ0v) is 9.85. The van der Waals surface area contributed by atoms with Crippen LogP contribution in [0, 0.1) is 0 Å². The van der Waals surface area contributed by atoms with Gasteiger partial charge >= 0.3 is 5.97 Å². The molecule has 1 aromatic carbocycles. The van der Waals surface area contributed by atoms with Crippen molar-refractivity contribution in [2.45, 2.75) is 25.4 Å². The molecule has 5 nitrogen and oxygen atoms in total. The molecule has 0 spiro atoms. The SMILES string of the molecule is O=C(NC[C@H](O)C(=O)O)c1ccc2c(c1)CCC2. The highest BCUT2D eigenvalue weighted by Crippen LogP contribution is 2.22. The molecule has 0 fully saturated rings. The number of aliphatic hydroxyl groups is 1. The first kappa shape index (κ1) is 12.6. The third-order valence-corrected chi connectivity index (χ3v) is 3.10. The van der Waals surface area contributed by atoms with Crippen LogP contribution < -0.4 is 5.32 Å². The summed E-state index contributed by atoms with van der Waals surface area (Å²) >= 11 is 0. The van der Waals surface area contributed by atoms with Crippen molar-refractivity contribution in [2.24, 2.45) is 0 Å². The third-order valence-electron chi connectivity index (χ3n) is 3.10. The van der Waals surface area contributed by atoms with Gasteiger partial charge in [-0.15, -0.1) is 0 Å². The first-order valence-electron chi connectivity index (χ1n) is 5.89. The molecule has 3 N–H and O–H groups in total. The van der Waals surface area contributed by atoms with E-state index >= 15 is 0 Å². The average Bonchev–Trinajstić information content (AvgIpc) is 2.82. The molecule has 5 heteroatoms. The Balaban J connectivity index is 1.99. The summed E-state index contributed by atoms with van der Waals surface area (Å²) in [6, 6.07) is 5.50. The van der Waals surface area contributed by atoms with Crippen LogP contribution >= 0.6 is 0 Å². The molecule has 0 aromatic heterocycles. The number of fused-ring (bicyclic) bond motifs is 1. The van der Waals surface area contributed by atoms with Crippen molar-refractivity contribution in [3.05, 3.63) is 34.9 Å². The number of benzene rings is 1. The fraction of sp³-hybridized carbons (Fsp3) is 0.385. The maximum atomic E-state index is 11.8. The summed E-state index contributed by atoms with van der Waals surface area (Å²) < 4.78 is 0. The highest BCUT2D eigenvalue weighted by molar-refractivity contribution is 5.94. The van der Waals surface area contributed by atoms with E-state index in [1.807, 2.05) is 12.1 Å². The zero-order valence-electron chi connectivity index (χ0n) is 9.85. The van der Waals surface area contributed by atoms with E-state index < -0.39 is 12.1 Å². The van der Waals surface area contributed by atoms with Crippen molar-refractivity contribution in [3.63, 3.8) is 0 Å². The Morgan fingerprint density at radius 1 is 1.28 bits per heavy atom. The molecule has 0 radical (unpaired) electrons. The first-order chi connectivity index (χ1) is 8.58. The van der Waals surface area contributed by atoms with Crippen LogP contribution in [0.3, 0.4) is 0 Å². The Morgan fingerprint density at radius 2 is 2.00 bits per heavy atom. The van der Waals surface area contributed by atoms with Gasteiger partial charge in [-0.2, -0.15) is 0 Å². The Labute approximate surface area is 104 Å². The second-order valence-corrected chi connectivity index (χ2v) is 4.40. The van der Waals surface area contributed by atoms with Crippen LogP contribution in [0.25, 0.3) is 0 Å². The highest BCUT2D eigenvalue weighted by Gasteiger charge is 2.16. The lowest BCUT2D eigenvalue weighted by atomic mass is 10.1. The van der Waals surface area contributed by atoms with Gasteiger partial charge in [0.2, 0.25) is 0 Å². The Kier molecular flexibility index (Phi) is 3.62. The van der Waals surface area contributed by atoms with Crippen LogP contribution in [-0.2, 0) is 17.6 Å². The maximum Gasteiger partial charge on any atom is 0.334 e. The average molecular weight is 249 g/mol. The van der Waals surface area contributed by atoms with E-state index in [1.54, 1.807) is 6.07 Å². The number of aryl methyl sites for hydroxylation is 2. The molecule has 0 unspecified atom stereocenters. The summed E-state index contributed by atoms with van der Waals surface area (Å²) in [5.74, 6) is -1.70. The zero-order chi connectivity index (χ0) is 13.1. The van der Waals surface area contributed by atoms with Gasteiger partial charge in [0.05, 0.1) is 6.54 Å². The largest absolute Gasteiger partial charge is 0.479 e. The lowest BCUT2D eigenvalue weighted by molar-refractivity contribution is -0.146. The minimum Gasteiger partial charge on any atom is -0.479 e. The van der Waals surface area contributed by atoms with Gasteiger partial charge in [0.15, 0.2) is 6.10 Å². The summed E-state index contributed by atoms with van der Waals surface area (Å²) in [5, 5.41) is 20.0. The summed E-state index contributed by atoms with van der Waals surface area (Å²) in [6.07, 6.45) is 1.57. The van der Waals surface area contributed by atoms with Crippen LogP contribution in [0.1, 0.15) is 27.9 Å². The van der Waals surface area contributed by atoms with Crippen LogP contribution in [0.2, 0.25) is 0 Å². The number of hydrogen-bond acceptors (Lipinski definition) is 3. The van der Waals surface area contributed by atoms with E-state index in [9.17, 15) is 9.59 Å². The fourth-order valence-electron chi connectivity index (χ4n) is 2.09. The second kappa shape index (κ2) is 5.18. The van der Waals surface area contributed by atoms with Gasteiger partial charge < -0.3 is 15.5 Å². The fourth-order valence-corrected chi connectivity index (χ4v) is 2.09. The molecule has 0 bridgehead atoms. The maximum absolute atomic E-state index is 11.8. The second-order valence-electron chi connectivity index (χ2n) is 4.40.